The van der Waals surface area contributed by atoms with Crippen LogP contribution in [0.3, 0.4) is 0 Å². The molecule has 4 nitrogen and oxygen atoms in total. The first kappa shape index (κ1) is 27.0. The van der Waals surface area contributed by atoms with Crippen LogP contribution >= 0.6 is 0 Å². The normalized spacial score (nSPS) is 11.0. The average Bonchev–Trinajstić information content (AvgIpc) is 3.13. The van der Waals surface area contributed by atoms with Crippen LogP contribution in [0.15, 0.2) is 146 Å². The van der Waals surface area contributed by atoms with E-state index in [0.29, 0.717) is 11.0 Å². The van der Waals surface area contributed by atoms with E-state index in [1.165, 1.54) is 32.7 Å². The highest BCUT2D eigenvalue weighted by atomic mass is 14.8. The Bertz CT molecular complexity index is 2340. The summed E-state index contributed by atoms with van der Waals surface area (Å²) in [5.74, 6) is 0. The summed E-state index contributed by atoms with van der Waals surface area (Å²) in [6, 6.07) is 54.7. The maximum atomic E-state index is 9.62. The van der Waals surface area contributed by atoms with Crippen LogP contribution < -0.4 is 0 Å². The van der Waals surface area contributed by atoms with E-state index in [9.17, 15) is 10.5 Å². The van der Waals surface area contributed by atoms with Gasteiger partial charge < -0.3 is 0 Å². The molecule has 4 heteroatoms. The molecular weight excluding hydrogens is 560 g/mol. The molecule has 0 N–H and O–H groups in total. The molecule has 46 heavy (non-hydrogen) atoms. The van der Waals surface area contributed by atoms with Gasteiger partial charge in [0.05, 0.1) is 11.0 Å². The molecule has 1 aromatic heterocycles. The van der Waals surface area contributed by atoms with Crippen molar-refractivity contribution in [1.29, 1.82) is 10.5 Å². The van der Waals surface area contributed by atoms with Gasteiger partial charge in [-0.25, -0.2) is 9.97 Å². The van der Waals surface area contributed by atoms with Crippen LogP contribution in [0.4, 0.5) is 0 Å². The standard InChI is InChI=1S/C42H24N4/c43-25-41-42(26-44)46-40-24-38(32-21-17-30(18-22-32)36-14-6-10-28-8-2-4-12-34(28)36)37(23-39(40)45-41)31-19-15-29(16-20-31)35-13-5-9-27-7-1-3-11-33(27)35/h1-24H. The lowest BCUT2D eigenvalue weighted by molar-refractivity contribution is 1.20. The molecule has 0 fully saturated rings. The number of hydrogen-bond acceptors (Lipinski definition) is 4. The van der Waals surface area contributed by atoms with Crippen molar-refractivity contribution in [2.75, 3.05) is 0 Å². The van der Waals surface area contributed by atoms with Gasteiger partial charge in [-0.3, -0.25) is 0 Å². The average molecular weight is 585 g/mol. The zero-order chi connectivity index (χ0) is 31.0. The zero-order valence-corrected chi connectivity index (χ0v) is 24.6. The molecule has 0 saturated heterocycles. The van der Waals surface area contributed by atoms with E-state index in [4.69, 9.17) is 0 Å². The van der Waals surface area contributed by atoms with Crippen molar-refractivity contribution < 1.29 is 0 Å². The van der Waals surface area contributed by atoms with Gasteiger partial charge in [0.1, 0.15) is 12.1 Å². The molecule has 0 unspecified atom stereocenters. The number of rotatable bonds is 4. The fourth-order valence-electron chi connectivity index (χ4n) is 6.35. The van der Waals surface area contributed by atoms with Gasteiger partial charge in [0, 0.05) is 0 Å². The summed E-state index contributed by atoms with van der Waals surface area (Å²) in [4.78, 5) is 9.04. The van der Waals surface area contributed by atoms with Gasteiger partial charge in [-0.2, -0.15) is 10.5 Å². The smallest absolute Gasteiger partial charge is 0.177 e. The van der Waals surface area contributed by atoms with Crippen LogP contribution in [0, 0.1) is 22.7 Å². The van der Waals surface area contributed by atoms with Gasteiger partial charge in [0.2, 0.25) is 0 Å². The van der Waals surface area contributed by atoms with Crippen molar-refractivity contribution in [3.05, 3.63) is 157 Å². The Morgan fingerprint density at radius 1 is 0.370 bits per heavy atom. The summed E-state index contributed by atoms with van der Waals surface area (Å²) in [6.45, 7) is 0. The van der Waals surface area contributed by atoms with E-state index in [1.54, 1.807) is 0 Å². The molecule has 0 aliphatic carbocycles. The Hall–Kier alpha value is -6.62. The second-order valence-corrected chi connectivity index (χ2v) is 11.2. The summed E-state index contributed by atoms with van der Waals surface area (Å²) in [6.07, 6.45) is 0. The van der Waals surface area contributed by atoms with Crippen LogP contribution in [-0.4, -0.2) is 9.97 Å². The predicted octanol–water partition coefficient (Wildman–Crippen LogP) is 10.3. The van der Waals surface area contributed by atoms with Crippen molar-refractivity contribution in [2.45, 2.75) is 0 Å². The number of nitrogens with zero attached hydrogens (tertiary/aromatic N) is 4. The molecule has 0 aliphatic rings. The van der Waals surface area contributed by atoms with Gasteiger partial charge in [-0.1, -0.05) is 133 Å². The van der Waals surface area contributed by atoms with Gasteiger partial charge in [0.15, 0.2) is 11.4 Å². The van der Waals surface area contributed by atoms with Crippen molar-refractivity contribution in [3.8, 4) is 56.6 Å². The topological polar surface area (TPSA) is 73.4 Å². The number of nitriles is 2. The molecule has 212 valence electrons. The fraction of sp³-hybridized carbons (Fsp3) is 0. The molecular formula is C42H24N4. The molecule has 0 saturated carbocycles. The Kier molecular flexibility index (Phi) is 6.53. The van der Waals surface area contributed by atoms with E-state index in [0.717, 1.165) is 33.4 Å². The van der Waals surface area contributed by atoms with Crippen molar-refractivity contribution in [2.24, 2.45) is 0 Å². The summed E-state index contributed by atoms with van der Waals surface area (Å²) in [5, 5.41) is 24.1. The first-order valence-electron chi connectivity index (χ1n) is 15.0. The third-order valence-electron chi connectivity index (χ3n) is 8.61. The van der Waals surface area contributed by atoms with Crippen LogP contribution in [0.5, 0.6) is 0 Å². The molecule has 0 amide bonds. The molecule has 8 rings (SSSR count). The van der Waals surface area contributed by atoms with Crippen molar-refractivity contribution >= 4 is 32.6 Å². The van der Waals surface area contributed by atoms with E-state index in [2.05, 4.69) is 143 Å². The minimum atomic E-state index is 0.0273. The van der Waals surface area contributed by atoms with E-state index in [-0.39, 0.29) is 11.4 Å². The van der Waals surface area contributed by atoms with E-state index in [1.807, 2.05) is 24.3 Å². The summed E-state index contributed by atoms with van der Waals surface area (Å²) in [7, 11) is 0. The second-order valence-electron chi connectivity index (χ2n) is 11.2. The Morgan fingerprint density at radius 2 is 0.717 bits per heavy atom. The number of fused-ring (bicyclic) bond motifs is 3. The van der Waals surface area contributed by atoms with E-state index >= 15 is 0 Å². The highest BCUT2D eigenvalue weighted by Crippen LogP contribution is 2.38. The van der Waals surface area contributed by atoms with E-state index < -0.39 is 0 Å². The first-order chi connectivity index (χ1) is 22.7. The molecule has 0 atom stereocenters. The molecule has 0 spiro atoms. The van der Waals surface area contributed by atoms with Crippen LogP contribution in [0.1, 0.15) is 11.4 Å². The van der Waals surface area contributed by atoms with Crippen LogP contribution in [0.2, 0.25) is 0 Å². The van der Waals surface area contributed by atoms with Gasteiger partial charge in [-0.15, -0.1) is 0 Å². The van der Waals surface area contributed by atoms with Gasteiger partial charge in [-0.05, 0) is 78.2 Å². The summed E-state index contributed by atoms with van der Waals surface area (Å²) >= 11 is 0. The maximum Gasteiger partial charge on any atom is 0.177 e. The highest BCUT2D eigenvalue weighted by Gasteiger charge is 2.15. The highest BCUT2D eigenvalue weighted by molar-refractivity contribution is 5.99. The summed E-state index contributed by atoms with van der Waals surface area (Å²) in [5.41, 5.74) is 9.79. The lowest BCUT2D eigenvalue weighted by Crippen LogP contribution is -1.97. The molecule has 8 aromatic rings. The maximum absolute atomic E-state index is 9.62. The lowest BCUT2D eigenvalue weighted by Gasteiger charge is -2.14. The minimum absolute atomic E-state index is 0.0273. The zero-order valence-electron chi connectivity index (χ0n) is 24.6. The molecule has 0 radical (unpaired) electrons. The minimum Gasteiger partial charge on any atom is -0.232 e. The number of hydrogen-bond donors (Lipinski definition) is 0. The van der Waals surface area contributed by atoms with Crippen LogP contribution in [0.25, 0.3) is 77.1 Å². The van der Waals surface area contributed by atoms with Gasteiger partial charge in [0.25, 0.3) is 0 Å². The molecule has 7 aromatic carbocycles. The Labute approximate surface area is 266 Å². The number of benzene rings is 7. The van der Waals surface area contributed by atoms with Crippen LogP contribution in [-0.2, 0) is 0 Å². The predicted molar refractivity (Wildman–Crippen MR) is 186 cm³/mol. The largest absolute Gasteiger partial charge is 0.232 e. The fourth-order valence-corrected chi connectivity index (χ4v) is 6.35. The molecule has 0 aliphatic heterocycles. The van der Waals surface area contributed by atoms with Crippen molar-refractivity contribution in [1.82, 2.24) is 9.97 Å². The Morgan fingerprint density at radius 3 is 1.11 bits per heavy atom. The second kappa shape index (κ2) is 11.1. The third kappa shape index (κ3) is 4.63. The molecule has 1 heterocycles. The molecule has 0 bridgehead atoms. The number of aromatic nitrogens is 2. The quantitative estimate of drug-likeness (QED) is 0.206. The first-order valence-corrected chi connectivity index (χ1v) is 15.0. The van der Waals surface area contributed by atoms with Crippen molar-refractivity contribution in [3.63, 3.8) is 0 Å². The summed E-state index contributed by atoms with van der Waals surface area (Å²) < 4.78 is 0. The third-order valence-corrected chi connectivity index (χ3v) is 8.61. The lowest BCUT2D eigenvalue weighted by atomic mass is 9.90. The monoisotopic (exact) mass is 584 g/mol. The Balaban J connectivity index is 1.27. The van der Waals surface area contributed by atoms with Gasteiger partial charge >= 0.3 is 0 Å². The SMILES string of the molecule is N#Cc1nc2cc(-c3ccc(-c4cccc5ccccc45)cc3)c(-c3ccc(-c4cccc5ccccc45)cc3)cc2nc1C#N.